The summed E-state index contributed by atoms with van der Waals surface area (Å²) in [5.41, 5.74) is 6.46. The molecule has 7 nitrogen and oxygen atoms in total. The van der Waals surface area contributed by atoms with Crippen molar-refractivity contribution in [3.63, 3.8) is 0 Å². The number of thioether (sulfide) groups is 1. The average Bonchev–Trinajstić information content (AvgIpc) is 2.74. The summed E-state index contributed by atoms with van der Waals surface area (Å²) < 4.78 is 3.40. The number of anilines is 1. The van der Waals surface area contributed by atoms with E-state index in [1.807, 2.05) is 20.3 Å². The summed E-state index contributed by atoms with van der Waals surface area (Å²) in [4.78, 5) is 0. The van der Waals surface area contributed by atoms with Crippen molar-refractivity contribution in [3.05, 3.63) is 11.9 Å². The molecule has 0 aliphatic carbocycles. The van der Waals surface area contributed by atoms with Gasteiger partial charge in [0, 0.05) is 26.0 Å². The van der Waals surface area contributed by atoms with Gasteiger partial charge in [0.25, 0.3) is 0 Å². The fourth-order valence-electron chi connectivity index (χ4n) is 1.05. The number of nitrogens with two attached hydrogens (primary N) is 1. The van der Waals surface area contributed by atoms with Crippen LogP contribution in [0.25, 0.3) is 0 Å². The third-order valence-electron chi connectivity index (χ3n) is 1.87. The van der Waals surface area contributed by atoms with E-state index in [0.29, 0.717) is 11.7 Å². The fraction of sp³-hybridized carbons (Fsp3) is 0.429. The molecule has 0 saturated heterocycles. The number of aryl methyl sites for hydroxylation is 1. The van der Waals surface area contributed by atoms with Crippen molar-refractivity contribution in [1.82, 2.24) is 29.8 Å². The molecule has 0 atom stereocenters. The van der Waals surface area contributed by atoms with Crippen LogP contribution in [0.5, 0.6) is 0 Å². The zero-order valence-electron chi connectivity index (χ0n) is 8.45. The SMILES string of the molecule is Cn1cc(CSc2nnc(N)n2C)nn1. The molecule has 0 aliphatic rings. The van der Waals surface area contributed by atoms with E-state index in [-0.39, 0.29) is 0 Å². The van der Waals surface area contributed by atoms with E-state index < -0.39 is 0 Å². The molecule has 80 valence electrons. The van der Waals surface area contributed by atoms with Crippen LogP contribution >= 0.6 is 11.8 Å². The van der Waals surface area contributed by atoms with Crippen LogP contribution in [0.2, 0.25) is 0 Å². The highest BCUT2D eigenvalue weighted by Gasteiger charge is 2.07. The maximum absolute atomic E-state index is 5.56. The maximum atomic E-state index is 5.56. The first-order chi connectivity index (χ1) is 7.16. The van der Waals surface area contributed by atoms with E-state index in [4.69, 9.17) is 5.73 Å². The van der Waals surface area contributed by atoms with Gasteiger partial charge in [-0.3, -0.25) is 9.25 Å². The number of rotatable bonds is 3. The first-order valence-corrected chi connectivity index (χ1v) is 5.28. The number of hydrogen-bond donors (Lipinski definition) is 1. The minimum absolute atomic E-state index is 0.414. The number of hydrogen-bond acceptors (Lipinski definition) is 6. The third kappa shape index (κ3) is 2.09. The Kier molecular flexibility index (Phi) is 2.58. The Morgan fingerprint density at radius 2 is 2.13 bits per heavy atom. The monoisotopic (exact) mass is 225 g/mol. The Hall–Kier alpha value is -1.57. The molecule has 2 heterocycles. The van der Waals surface area contributed by atoms with Crippen molar-refractivity contribution in [2.24, 2.45) is 14.1 Å². The van der Waals surface area contributed by atoms with E-state index in [9.17, 15) is 0 Å². The highest BCUT2D eigenvalue weighted by molar-refractivity contribution is 7.98. The van der Waals surface area contributed by atoms with E-state index in [1.165, 1.54) is 11.8 Å². The lowest BCUT2D eigenvalue weighted by Crippen LogP contribution is -1.98. The normalized spacial score (nSPS) is 10.8. The Balaban J connectivity index is 2.02. The van der Waals surface area contributed by atoms with Gasteiger partial charge in [0.2, 0.25) is 5.95 Å². The van der Waals surface area contributed by atoms with Gasteiger partial charge in [-0.2, -0.15) is 0 Å². The molecule has 0 fully saturated rings. The van der Waals surface area contributed by atoms with Gasteiger partial charge < -0.3 is 5.73 Å². The number of aromatic nitrogens is 6. The Bertz CT molecular complexity index is 460. The second-order valence-electron chi connectivity index (χ2n) is 3.07. The lowest BCUT2D eigenvalue weighted by atomic mass is 10.6. The van der Waals surface area contributed by atoms with Gasteiger partial charge in [-0.05, 0) is 0 Å². The summed E-state index contributed by atoms with van der Waals surface area (Å²) in [7, 11) is 3.66. The molecule has 0 amide bonds. The second kappa shape index (κ2) is 3.89. The van der Waals surface area contributed by atoms with Gasteiger partial charge >= 0.3 is 0 Å². The predicted molar refractivity (Wildman–Crippen MR) is 56.0 cm³/mol. The number of nitrogen functional groups attached to an aromatic ring is 1. The standard InChI is InChI=1S/C7H11N7S/c1-13-3-5(9-12-13)4-15-7-11-10-6(8)14(7)2/h3H,4H2,1-2H3,(H2,8,10). The zero-order chi connectivity index (χ0) is 10.8. The van der Waals surface area contributed by atoms with E-state index in [1.54, 1.807) is 9.25 Å². The van der Waals surface area contributed by atoms with Gasteiger partial charge in [-0.1, -0.05) is 17.0 Å². The lowest BCUT2D eigenvalue weighted by molar-refractivity contribution is 0.714. The van der Waals surface area contributed by atoms with Gasteiger partial charge in [0.15, 0.2) is 5.16 Å². The smallest absolute Gasteiger partial charge is 0.222 e. The summed E-state index contributed by atoms with van der Waals surface area (Å²) in [6, 6.07) is 0. The highest BCUT2D eigenvalue weighted by Crippen LogP contribution is 2.19. The second-order valence-corrected chi connectivity index (χ2v) is 4.01. The minimum Gasteiger partial charge on any atom is -0.368 e. The zero-order valence-corrected chi connectivity index (χ0v) is 9.27. The molecule has 2 aromatic rings. The van der Waals surface area contributed by atoms with E-state index in [2.05, 4.69) is 20.5 Å². The summed E-state index contributed by atoms with van der Waals surface area (Å²) in [5, 5.41) is 16.3. The molecule has 0 bridgehead atoms. The van der Waals surface area contributed by atoms with Crippen LogP contribution in [0, 0.1) is 0 Å². The van der Waals surface area contributed by atoms with Crippen LogP contribution < -0.4 is 5.73 Å². The van der Waals surface area contributed by atoms with Gasteiger partial charge in [-0.15, -0.1) is 15.3 Å². The molecular weight excluding hydrogens is 214 g/mol. The Labute approximate surface area is 90.7 Å². The molecule has 0 saturated carbocycles. The van der Waals surface area contributed by atoms with Gasteiger partial charge in [0.1, 0.15) is 0 Å². The number of nitrogens with zero attached hydrogens (tertiary/aromatic N) is 6. The van der Waals surface area contributed by atoms with Crippen LogP contribution in [0.1, 0.15) is 5.69 Å². The van der Waals surface area contributed by atoms with Crippen molar-refractivity contribution in [3.8, 4) is 0 Å². The summed E-state index contributed by atoms with van der Waals surface area (Å²) in [5.74, 6) is 1.12. The van der Waals surface area contributed by atoms with Crippen molar-refractivity contribution < 1.29 is 0 Å². The molecule has 0 spiro atoms. The molecule has 0 unspecified atom stereocenters. The molecule has 2 rings (SSSR count). The Morgan fingerprint density at radius 1 is 1.33 bits per heavy atom. The Morgan fingerprint density at radius 3 is 2.67 bits per heavy atom. The van der Waals surface area contributed by atoms with Gasteiger partial charge in [-0.25, -0.2) is 0 Å². The lowest BCUT2D eigenvalue weighted by Gasteiger charge is -1.98. The van der Waals surface area contributed by atoms with E-state index in [0.717, 1.165) is 10.9 Å². The van der Waals surface area contributed by atoms with Crippen molar-refractivity contribution in [2.75, 3.05) is 5.73 Å². The largest absolute Gasteiger partial charge is 0.368 e. The van der Waals surface area contributed by atoms with Crippen LogP contribution in [0.15, 0.2) is 11.4 Å². The topological polar surface area (TPSA) is 87.4 Å². The van der Waals surface area contributed by atoms with Crippen LogP contribution in [-0.2, 0) is 19.8 Å². The first kappa shape index (κ1) is 9.97. The van der Waals surface area contributed by atoms with Crippen molar-refractivity contribution in [1.29, 1.82) is 0 Å². The molecule has 2 aromatic heterocycles. The van der Waals surface area contributed by atoms with Crippen LogP contribution in [0.4, 0.5) is 5.95 Å². The van der Waals surface area contributed by atoms with Crippen molar-refractivity contribution >= 4 is 17.7 Å². The highest BCUT2D eigenvalue weighted by atomic mass is 32.2. The first-order valence-electron chi connectivity index (χ1n) is 4.29. The van der Waals surface area contributed by atoms with E-state index >= 15 is 0 Å². The molecule has 8 heteroatoms. The molecule has 0 aliphatic heterocycles. The average molecular weight is 225 g/mol. The predicted octanol–water partition coefficient (Wildman–Crippen LogP) is -0.182. The minimum atomic E-state index is 0.414. The summed E-state index contributed by atoms with van der Waals surface area (Å²) in [6.45, 7) is 0. The van der Waals surface area contributed by atoms with Gasteiger partial charge in [0.05, 0.1) is 5.69 Å². The molecule has 0 aromatic carbocycles. The van der Waals surface area contributed by atoms with Crippen molar-refractivity contribution in [2.45, 2.75) is 10.9 Å². The summed E-state index contributed by atoms with van der Waals surface area (Å²) in [6.07, 6.45) is 1.87. The molecule has 15 heavy (non-hydrogen) atoms. The van der Waals surface area contributed by atoms with Crippen LogP contribution in [-0.4, -0.2) is 29.8 Å². The quantitative estimate of drug-likeness (QED) is 0.729. The molecule has 2 N–H and O–H groups in total. The maximum Gasteiger partial charge on any atom is 0.222 e. The fourth-order valence-corrected chi connectivity index (χ4v) is 1.85. The third-order valence-corrected chi connectivity index (χ3v) is 2.92. The van der Waals surface area contributed by atoms with Crippen LogP contribution in [0.3, 0.4) is 0 Å². The molecular formula is C7H11N7S. The summed E-state index contributed by atoms with van der Waals surface area (Å²) >= 11 is 1.53. The molecule has 0 radical (unpaired) electrons.